The van der Waals surface area contributed by atoms with Crippen LogP contribution in [0.25, 0.3) is 0 Å². The summed E-state index contributed by atoms with van der Waals surface area (Å²) < 4.78 is 0. The normalized spacial score (nSPS) is 11.2. The summed E-state index contributed by atoms with van der Waals surface area (Å²) in [5, 5.41) is 2.98. The molecule has 0 aromatic rings. The van der Waals surface area contributed by atoms with Crippen LogP contribution in [-0.4, -0.2) is 12.9 Å². The first kappa shape index (κ1) is 11.9. The van der Waals surface area contributed by atoms with E-state index in [4.69, 9.17) is 0 Å². The fourth-order valence-corrected chi connectivity index (χ4v) is 0.860. The molecule has 0 aromatic carbocycles. The van der Waals surface area contributed by atoms with E-state index in [2.05, 4.69) is 30.7 Å². The van der Waals surface area contributed by atoms with Crippen molar-refractivity contribution in [1.82, 2.24) is 5.32 Å². The lowest BCUT2D eigenvalue weighted by Crippen LogP contribution is -2.00. The zero-order valence-corrected chi connectivity index (χ0v) is 8.71. The molecular formula is C11H20N2. The smallest absolute Gasteiger partial charge is 0.0863 e. The first-order valence-electron chi connectivity index (χ1n) is 4.90. The quantitative estimate of drug-likeness (QED) is 0.363. The van der Waals surface area contributed by atoms with Crippen molar-refractivity contribution < 1.29 is 0 Å². The first-order valence-corrected chi connectivity index (χ1v) is 4.90. The summed E-state index contributed by atoms with van der Waals surface area (Å²) in [5.74, 6) is 0. The Kier molecular flexibility index (Phi) is 8.31. The predicted molar refractivity (Wildman–Crippen MR) is 60.0 cm³/mol. The molecule has 0 amide bonds. The molecule has 2 nitrogen and oxygen atoms in total. The third-order valence-electron chi connectivity index (χ3n) is 1.50. The second-order valence-corrected chi connectivity index (χ2v) is 2.94. The number of allylic oxidation sites excluding steroid dienone is 2. The standard InChI is InChI=1S/C11H20N2/c1-4-6-11(3)7-9-13-10-12-8-5-2/h7,9-10H,3-6,8H2,1-2H3,(H,12,13)/b9-7-. The Labute approximate surface area is 81.5 Å². The van der Waals surface area contributed by atoms with Crippen LogP contribution in [0.4, 0.5) is 0 Å². The molecule has 2 heteroatoms. The molecule has 0 aliphatic rings. The van der Waals surface area contributed by atoms with Crippen LogP contribution in [0.3, 0.4) is 0 Å². The van der Waals surface area contributed by atoms with Crippen LogP contribution < -0.4 is 5.32 Å². The Bertz CT molecular complexity index is 181. The molecule has 13 heavy (non-hydrogen) atoms. The SMILES string of the molecule is C=C(/C=C\NC=NCCC)CCC. The summed E-state index contributed by atoms with van der Waals surface area (Å²) in [6.45, 7) is 9.05. The van der Waals surface area contributed by atoms with E-state index in [0.29, 0.717) is 0 Å². The maximum Gasteiger partial charge on any atom is 0.0863 e. The molecule has 0 radical (unpaired) electrons. The van der Waals surface area contributed by atoms with Crippen LogP contribution in [0, 0.1) is 0 Å². The van der Waals surface area contributed by atoms with E-state index in [1.807, 2.05) is 12.3 Å². The molecule has 0 saturated heterocycles. The summed E-state index contributed by atoms with van der Waals surface area (Å²) in [5.41, 5.74) is 1.15. The average molecular weight is 180 g/mol. The molecule has 0 rings (SSSR count). The van der Waals surface area contributed by atoms with Gasteiger partial charge in [-0.25, -0.2) is 0 Å². The lowest BCUT2D eigenvalue weighted by atomic mass is 10.2. The molecule has 1 N–H and O–H groups in total. The van der Waals surface area contributed by atoms with Crippen molar-refractivity contribution in [2.45, 2.75) is 33.1 Å². The molecule has 74 valence electrons. The van der Waals surface area contributed by atoms with Gasteiger partial charge in [-0.3, -0.25) is 4.99 Å². The Morgan fingerprint density at radius 3 is 2.77 bits per heavy atom. The number of nitrogens with zero attached hydrogens (tertiary/aromatic N) is 1. The molecule has 0 unspecified atom stereocenters. The Morgan fingerprint density at radius 2 is 2.15 bits per heavy atom. The van der Waals surface area contributed by atoms with Gasteiger partial charge >= 0.3 is 0 Å². The lowest BCUT2D eigenvalue weighted by Gasteiger charge is -1.94. The molecule has 0 aliphatic heterocycles. The van der Waals surface area contributed by atoms with E-state index < -0.39 is 0 Å². The highest BCUT2D eigenvalue weighted by atomic mass is 14.9. The Hall–Kier alpha value is -1.05. The maximum absolute atomic E-state index is 4.12. The summed E-state index contributed by atoms with van der Waals surface area (Å²) >= 11 is 0. The molecule has 0 heterocycles. The van der Waals surface area contributed by atoms with Gasteiger partial charge in [-0.15, -0.1) is 0 Å². The van der Waals surface area contributed by atoms with Crippen LogP contribution >= 0.6 is 0 Å². The van der Waals surface area contributed by atoms with Gasteiger partial charge in [0.15, 0.2) is 0 Å². The predicted octanol–water partition coefficient (Wildman–Crippen LogP) is 2.88. The molecule has 0 aromatic heterocycles. The largest absolute Gasteiger partial charge is 0.353 e. The third-order valence-corrected chi connectivity index (χ3v) is 1.50. The second-order valence-electron chi connectivity index (χ2n) is 2.94. The van der Waals surface area contributed by atoms with E-state index in [0.717, 1.165) is 31.4 Å². The molecule has 0 atom stereocenters. The molecule has 0 aliphatic carbocycles. The molecule has 0 fully saturated rings. The minimum absolute atomic E-state index is 0.886. The number of nitrogens with one attached hydrogen (secondary N) is 1. The minimum atomic E-state index is 0.886. The highest BCUT2D eigenvalue weighted by Crippen LogP contribution is 2.01. The summed E-state index contributed by atoms with van der Waals surface area (Å²) in [6, 6.07) is 0. The van der Waals surface area contributed by atoms with E-state index in [-0.39, 0.29) is 0 Å². The van der Waals surface area contributed by atoms with Gasteiger partial charge in [0.05, 0.1) is 6.34 Å². The first-order chi connectivity index (χ1) is 6.31. The number of aliphatic imine (C=N–C) groups is 1. The Balaban J connectivity index is 3.45. The minimum Gasteiger partial charge on any atom is -0.353 e. The van der Waals surface area contributed by atoms with Gasteiger partial charge in [0, 0.05) is 12.7 Å². The van der Waals surface area contributed by atoms with Gasteiger partial charge in [-0.2, -0.15) is 0 Å². The third kappa shape index (κ3) is 8.86. The van der Waals surface area contributed by atoms with E-state index in [1.54, 1.807) is 6.34 Å². The zero-order chi connectivity index (χ0) is 9.94. The lowest BCUT2D eigenvalue weighted by molar-refractivity contribution is 0.925. The Morgan fingerprint density at radius 1 is 1.38 bits per heavy atom. The highest BCUT2D eigenvalue weighted by molar-refractivity contribution is 5.55. The van der Waals surface area contributed by atoms with Crippen molar-refractivity contribution in [3.63, 3.8) is 0 Å². The molecule has 0 bridgehead atoms. The summed E-state index contributed by atoms with van der Waals surface area (Å²) in [4.78, 5) is 4.12. The van der Waals surface area contributed by atoms with Gasteiger partial charge in [0.2, 0.25) is 0 Å². The fraction of sp³-hybridized carbons (Fsp3) is 0.545. The van der Waals surface area contributed by atoms with E-state index >= 15 is 0 Å². The van der Waals surface area contributed by atoms with Gasteiger partial charge in [0.25, 0.3) is 0 Å². The van der Waals surface area contributed by atoms with Gasteiger partial charge < -0.3 is 5.32 Å². The van der Waals surface area contributed by atoms with Crippen molar-refractivity contribution in [2.24, 2.45) is 4.99 Å². The topological polar surface area (TPSA) is 24.4 Å². The summed E-state index contributed by atoms with van der Waals surface area (Å²) in [7, 11) is 0. The van der Waals surface area contributed by atoms with Crippen molar-refractivity contribution in [1.29, 1.82) is 0 Å². The van der Waals surface area contributed by atoms with E-state index in [9.17, 15) is 0 Å². The van der Waals surface area contributed by atoms with Crippen LogP contribution in [0.2, 0.25) is 0 Å². The van der Waals surface area contributed by atoms with E-state index in [1.165, 1.54) is 0 Å². The van der Waals surface area contributed by atoms with Crippen LogP contribution in [0.5, 0.6) is 0 Å². The van der Waals surface area contributed by atoms with Crippen LogP contribution in [0.15, 0.2) is 29.4 Å². The van der Waals surface area contributed by atoms with Crippen molar-refractivity contribution >= 4 is 6.34 Å². The van der Waals surface area contributed by atoms with Gasteiger partial charge in [-0.1, -0.05) is 32.4 Å². The fourth-order valence-electron chi connectivity index (χ4n) is 0.860. The highest BCUT2D eigenvalue weighted by Gasteiger charge is 1.83. The number of hydrogen-bond donors (Lipinski definition) is 1. The summed E-state index contributed by atoms with van der Waals surface area (Å²) in [6.07, 6.45) is 8.87. The van der Waals surface area contributed by atoms with Crippen LogP contribution in [0.1, 0.15) is 33.1 Å². The number of rotatable bonds is 7. The van der Waals surface area contributed by atoms with Gasteiger partial charge in [0.1, 0.15) is 0 Å². The monoisotopic (exact) mass is 180 g/mol. The van der Waals surface area contributed by atoms with Crippen molar-refractivity contribution in [2.75, 3.05) is 6.54 Å². The molecule has 0 spiro atoms. The van der Waals surface area contributed by atoms with Crippen molar-refractivity contribution in [3.05, 3.63) is 24.4 Å². The van der Waals surface area contributed by atoms with Crippen molar-refractivity contribution in [3.8, 4) is 0 Å². The van der Waals surface area contributed by atoms with Gasteiger partial charge in [-0.05, 0) is 18.9 Å². The zero-order valence-electron chi connectivity index (χ0n) is 8.71. The molecular weight excluding hydrogens is 160 g/mol. The molecule has 0 saturated carbocycles. The van der Waals surface area contributed by atoms with Crippen LogP contribution in [-0.2, 0) is 0 Å². The number of hydrogen-bond acceptors (Lipinski definition) is 1. The average Bonchev–Trinajstić information content (AvgIpc) is 2.11. The maximum atomic E-state index is 4.12. The second kappa shape index (κ2) is 9.04.